The Hall–Kier alpha value is -1.84. The van der Waals surface area contributed by atoms with Crippen molar-refractivity contribution >= 4 is 11.9 Å². The molecule has 0 bridgehead atoms. The zero-order chi connectivity index (χ0) is 18.0. The van der Waals surface area contributed by atoms with Crippen LogP contribution >= 0.6 is 0 Å². The number of nitrogens with zero attached hydrogens (tertiary/aromatic N) is 1. The van der Waals surface area contributed by atoms with Crippen molar-refractivity contribution in [3.8, 4) is 0 Å². The summed E-state index contributed by atoms with van der Waals surface area (Å²) in [6.07, 6.45) is 4.88. The molecule has 1 aliphatic heterocycles. The molecule has 1 aromatic carbocycles. The second-order valence-electron chi connectivity index (χ2n) is 7.89. The molecule has 1 saturated heterocycles. The molecule has 3 rings (SSSR count). The summed E-state index contributed by atoms with van der Waals surface area (Å²) in [6, 6.07) is 8.71. The van der Waals surface area contributed by atoms with Crippen LogP contribution in [-0.4, -0.2) is 28.4 Å². The maximum absolute atomic E-state index is 13.2. The minimum absolute atomic E-state index is 0.00570. The molecule has 0 spiro atoms. The van der Waals surface area contributed by atoms with Crippen LogP contribution in [0.3, 0.4) is 0 Å². The summed E-state index contributed by atoms with van der Waals surface area (Å²) in [5.74, 6) is -0.294. The van der Waals surface area contributed by atoms with Gasteiger partial charge < -0.3 is 10.0 Å². The Balaban J connectivity index is 1.75. The van der Waals surface area contributed by atoms with Crippen LogP contribution in [0.1, 0.15) is 62.6 Å². The molecular weight excluding hydrogens is 314 g/mol. The molecule has 0 radical (unpaired) electrons. The second-order valence-corrected chi connectivity index (χ2v) is 7.89. The van der Waals surface area contributed by atoms with Crippen molar-refractivity contribution in [3.05, 3.63) is 35.4 Å². The van der Waals surface area contributed by atoms with Crippen molar-refractivity contribution in [1.29, 1.82) is 0 Å². The van der Waals surface area contributed by atoms with Gasteiger partial charge in [0.05, 0.1) is 12.0 Å². The van der Waals surface area contributed by atoms with Gasteiger partial charge in [-0.1, -0.05) is 36.8 Å². The number of carboxylic acid groups (broad SMARTS) is 1. The first-order valence-electron chi connectivity index (χ1n) is 9.57. The van der Waals surface area contributed by atoms with Crippen molar-refractivity contribution in [1.82, 2.24) is 4.90 Å². The zero-order valence-electron chi connectivity index (χ0n) is 15.3. The minimum Gasteiger partial charge on any atom is -0.481 e. The number of rotatable bonds is 3. The topological polar surface area (TPSA) is 57.6 Å². The summed E-state index contributed by atoms with van der Waals surface area (Å²) in [5.41, 5.74) is 2.46. The van der Waals surface area contributed by atoms with E-state index >= 15 is 0 Å². The van der Waals surface area contributed by atoms with Crippen LogP contribution in [0.4, 0.5) is 0 Å². The van der Waals surface area contributed by atoms with E-state index in [1.165, 1.54) is 11.1 Å². The summed E-state index contributed by atoms with van der Waals surface area (Å²) in [5, 5.41) is 9.16. The quantitative estimate of drug-likeness (QED) is 0.895. The third kappa shape index (κ3) is 3.88. The number of amides is 1. The molecule has 1 aromatic rings. The van der Waals surface area contributed by atoms with Crippen LogP contribution in [0.2, 0.25) is 0 Å². The van der Waals surface area contributed by atoms with E-state index in [2.05, 4.69) is 43.0 Å². The van der Waals surface area contributed by atoms with E-state index < -0.39 is 5.97 Å². The van der Waals surface area contributed by atoms with Crippen LogP contribution in [0.5, 0.6) is 0 Å². The van der Waals surface area contributed by atoms with Gasteiger partial charge in [0.15, 0.2) is 0 Å². The summed E-state index contributed by atoms with van der Waals surface area (Å²) in [4.78, 5) is 26.4. The number of benzene rings is 1. The number of aliphatic carboxylic acids is 1. The van der Waals surface area contributed by atoms with Gasteiger partial charge in [-0.05, 0) is 56.9 Å². The highest BCUT2D eigenvalue weighted by atomic mass is 16.4. The lowest BCUT2D eigenvalue weighted by Gasteiger charge is -2.42. The number of piperidine rings is 1. The van der Waals surface area contributed by atoms with E-state index in [1.807, 2.05) is 0 Å². The Bertz CT molecular complexity index is 617. The Morgan fingerprint density at radius 1 is 1.00 bits per heavy atom. The van der Waals surface area contributed by atoms with Crippen LogP contribution < -0.4 is 0 Å². The van der Waals surface area contributed by atoms with E-state index in [0.29, 0.717) is 31.6 Å². The van der Waals surface area contributed by atoms with Gasteiger partial charge in [-0.2, -0.15) is 0 Å². The number of hydrogen-bond donors (Lipinski definition) is 1. The summed E-state index contributed by atoms with van der Waals surface area (Å²) >= 11 is 0. The lowest BCUT2D eigenvalue weighted by molar-refractivity contribution is -0.147. The SMILES string of the molecule is Cc1ccc(C2C(C)CCCN2C(=O)C2CCC(C(=O)O)CC2)cc1. The summed E-state index contributed by atoms with van der Waals surface area (Å²) < 4.78 is 0. The fraction of sp³-hybridized carbons (Fsp3) is 0.619. The highest BCUT2D eigenvalue weighted by Gasteiger charge is 2.38. The standard InChI is InChI=1S/C21H29NO3/c1-14-5-7-16(8-6-14)19-15(2)4-3-13-22(19)20(23)17-9-11-18(12-10-17)21(24)25/h5-8,15,17-19H,3-4,9-13H2,1-2H3,(H,24,25). The third-order valence-electron chi connectivity index (χ3n) is 6.06. The molecule has 1 heterocycles. The first-order valence-corrected chi connectivity index (χ1v) is 9.57. The van der Waals surface area contributed by atoms with E-state index in [1.54, 1.807) is 0 Å². The molecule has 1 N–H and O–H groups in total. The number of hydrogen-bond acceptors (Lipinski definition) is 2. The van der Waals surface area contributed by atoms with Gasteiger partial charge in [0.1, 0.15) is 0 Å². The van der Waals surface area contributed by atoms with E-state index in [9.17, 15) is 9.59 Å². The fourth-order valence-corrected chi connectivity index (χ4v) is 4.53. The monoisotopic (exact) mass is 343 g/mol. The van der Waals surface area contributed by atoms with Gasteiger partial charge >= 0.3 is 5.97 Å². The molecule has 136 valence electrons. The maximum Gasteiger partial charge on any atom is 0.306 e. The molecule has 25 heavy (non-hydrogen) atoms. The summed E-state index contributed by atoms with van der Waals surface area (Å²) in [7, 11) is 0. The number of likely N-dealkylation sites (tertiary alicyclic amines) is 1. The van der Waals surface area contributed by atoms with E-state index in [4.69, 9.17) is 5.11 Å². The maximum atomic E-state index is 13.2. The summed E-state index contributed by atoms with van der Waals surface area (Å²) in [6.45, 7) is 5.14. The normalized spacial score (nSPS) is 30.1. The number of carboxylic acids is 1. The zero-order valence-corrected chi connectivity index (χ0v) is 15.3. The number of carbonyl (C=O) groups is 2. The van der Waals surface area contributed by atoms with Gasteiger partial charge in [-0.3, -0.25) is 9.59 Å². The molecule has 0 aromatic heterocycles. The number of carbonyl (C=O) groups excluding carboxylic acids is 1. The Morgan fingerprint density at radius 3 is 2.20 bits per heavy atom. The average molecular weight is 343 g/mol. The van der Waals surface area contributed by atoms with Gasteiger partial charge in [0.25, 0.3) is 0 Å². The van der Waals surface area contributed by atoms with Gasteiger partial charge in [-0.25, -0.2) is 0 Å². The van der Waals surface area contributed by atoms with Gasteiger partial charge in [0.2, 0.25) is 5.91 Å². The highest BCUT2D eigenvalue weighted by molar-refractivity contribution is 5.80. The van der Waals surface area contributed by atoms with Crippen molar-refractivity contribution in [2.45, 2.75) is 58.4 Å². The van der Waals surface area contributed by atoms with Crippen LogP contribution in [-0.2, 0) is 9.59 Å². The van der Waals surface area contributed by atoms with Crippen molar-refractivity contribution < 1.29 is 14.7 Å². The predicted molar refractivity (Wildman–Crippen MR) is 97.1 cm³/mol. The minimum atomic E-state index is -0.713. The molecule has 4 nitrogen and oxygen atoms in total. The Labute approximate surface area is 150 Å². The largest absolute Gasteiger partial charge is 0.481 e. The van der Waals surface area contributed by atoms with Crippen LogP contribution in [0.25, 0.3) is 0 Å². The van der Waals surface area contributed by atoms with Crippen LogP contribution in [0, 0.1) is 24.7 Å². The first kappa shape index (κ1) is 18.0. The molecule has 4 heteroatoms. The lowest BCUT2D eigenvalue weighted by atomic mass is 9.79. The highest BCUT2D eigenvalue weighted by Crippen LogP contribution is 2.39. The molecule has 2 aliphatic rings. The van der Waals surface area contributed by atoms with E-state index in [0.717, 1.165) is 19.4 Å². The molecule has 2 fully saturated rings. The average Bonchev–Trinajstić information content (AvgIpc) is 2.62. The van der Waals surface area contributed by atoms with Crippen molar-refractivity contribution in [2.75, 3.05) is 6.54 Å². The lowest BCUT2D eigenvalue weighted by Crippen LogP contribution is -2.45. The molecule has 1 saturated carbocycles. The molecule has 2 atom stereocenters. The fourth-order valence-electron chi connectivity index (χ4n) is 4.53. The van der Waals surface area contributed by atoms with Crippen molar-refractivity contribution in [3.63, 3.8) is 0 Å². The predicted octanol–water partition coefficient (Wildman–Crippen LogP) is 4.19. The van der Waals surface area contributed by atoms with Crippen molar-refractivity contribution in [2.24, 2.45) is 17.8 Å². The van der Waals surface area contributed by atoms with E-state index in [-0.39, 0.29) is 23.8 Å². The second kappa shape index (κ2) is 7.59. The van der Waals surface area contributed by atoms with Gasteiger partial charge in [-0.15, -0.1) is 0 Å². The molecule has 2 unspecified atom stereocenters. The molecule has 1 aliphatic carbocycles. The number of aryl methyl sites for hydroxylation is 1. The van der Waals surface area contributed by atoms with Crippen LogP contribution in [0.15, 0.2) is 24.3 Å². The van der Waals surface area contributed by atoms with Gasteiger partial charge in [0, 0.05) is 12.5 Å². The Morgan fingerprint density at radius 2 is 1.60 bits per heavy atom. The Kier molecular flexibility index (Phi) is 5.45. The third-order valence-corrected chi connectivity index (χ3v) is 6.06. The molecule has 1 amide bonds. The first-order chi connectivity index (χ1) is 12.0. The smallest absolute Gasteiger partial charge is 0.306 e. The molecular formula is C21H29NO3.